The smallest absolute Gasteiger partial charge is 0.342 e. The zero-order chi connectivity index (χ0) is 25.2. The minimum absolute atomic E-state index is 0.0755. The second-order valence-electron chi connectivity index (χ2n) is 7.66. The summed E-state index contributed by atoms with van der Waals surface area (Å²) < 4.78 is 57.0. The van der Waals surface area contributed by atoms with Gasteiger partial charge < -0.3 is 14.2 Å². The maximum atomic E-state index is 13.6. The highest BCUT2D eigenvalue weighted by Gasteiger charge is 2.32. The van der Waals surface area contributed by atoms with Crippen LogP contribution in [0.4, 0.5) is 10.1 Å². The fourth-order valence-electron chi connectivity index (χ4n) is 3.88. The number of nitrogens with zero attached hydrogens (tertiary/aromatic N) is 1. The molecule has 0 amide bonds. The highest BCUT2D eigenvalue weighted by molar-refractivity contribution is 7.92. The lowest BCUT2D eigenvalue weighted by atomic mass is 10.1. The van der Waals surface area contributed by atoms with Crippen LogP contribution in [0.15, 0.2) is 65.6 Å². The fourth-order valence-corrected chi connectivity index (χ4v) is 5.41. The van der Waals surface area contributed by atoms with Gasteiger partial charge in [0, 0.05) is 6.54 Å². The molecular weight excluding hydrogens is 477 g/mol. The molecule has 3 aromatic rings. The van der Waals surface area contributed by atoms with Crippen molar-refractivity contribution in [3.8, 4) is 11.5 Å². The number of fused-ring (bicyclic) bond motifs is 1. The van der Waals surface area contributed by atoms with Crippen molar-refractivity contribution in [2.75, 3.05) is 31.7 Å². The molecule has 0 radical (unpaired) electrons. The summed E-state index contributed by atoms with van der Waals surface area (Å²) in [4.78, 5) is 25.2. The zero-order valence-corrected chi connectivity index (χ0v) is 19.8. The van der Waals surface area contributed by atoms with E-state index in [0.29, 0.717) is 12.1 Å². The summed E-state index contributed by atoms with van der Waals surface area (Å²) in [6, 6.07) is 14.5. The minimum Gasteiger partial charge on any atom is -0.496 e. The van der Waals surface area contributed by atoms with E-state index in [1.807, 2.05) is 12.1 Å². The van der Waals surface area contributed by atoms with E-state index < -0.39 is 34.2 Å². The van der Waals surface area contributed by atoms with Gasteiger partial charge in [-0.15, -0.1) is 0 Å². The number of sulfonamides is 1. The minimum atomic E-state index is -3.98. The molecule has 10 heteroatoms. The number of para-hydroxylation sites is 1. The molecule has 0 bridgehead atoms. The van der Waals surface area contributed by atoms with Crippen LogP contribution in [0.5, 0.6) is 11.5 Å². The Morgan fingerprint density at radius 3 is 2.37 bits per heavy atom. The Kier molecular flexibility index (Phi) is 6.74. The van der Waals surface area contributed by atoms with Gasteiger partial charge in [-0.2, -0.15) is 0 Å². The van der Waals surface area contributed by atoms with E-state index >= 15 is 0 Å². The number of halogens is 1. The molecule has 1 heterocycles. The SMILES string of the molecule is COc1ccc(F)cc1C(=O)COC(=O)c1cc(S(=O)(=O)N2CCc3ccccc32)ccc1OC. The second-order valence-corrected chi connectivity index (χ2v) is 9.52. The van der Waals surface area contributed by atoms with Gasteiger partial charge in [-0.3, -0.25) is 9.10 Å². The van der Waals surface area contributed by atoms with E-state index in [-0.39, 0.29) is 34.1 Å². The summed E-state index contributed by atoms with van der Waals surface area (Å²) in [6.45, 7) is -0.435. The van der Waals surface area contributed by atoms with Crippen molar-refractivity contribution >= 4 is 27.5 Å². The topological polar surface area (TPSA) is 99.2 Å². The molecule has 0 unspecified atom stereocenters. The summed E-state index contributed by atoms with van der Waals surface area (Å²) in [5, 5.41) is 0. The molecule has 3 aromatic carbocycles. The molecule has 0 spiro atoms. The molecule has 0 aliphatic carbocycles. The molecule has 0 atom stereocenters. The van der Waals surface area contributed by atoms with Crippen molar-refractivity contribution < 1.29 is 36.6 Å². The van der Waals surface area contributed by atoms with Gasteiger partial charge in [-0.1, -0.05) is 18.2 Å². The number of Topliss-reactive ketones (excluding diaryl/α,β-unsaturated/α-hetero) is 1. The lowest BCUT2D eigenvalue weighted by Gasteiger charge is -2.20. The van der Waals surface area contributed by atoms with Crippen LogP contribution >= 0.6 is 0 Å². The van der Waals surface area contributed by atoms with Crippen molar-refractivity contribution in [3.05, 3.63) is 83.2 Å². The van der Waals surface area contributed by atoms with E-state index in [0.717, 1.165) is 23.8 Å². The highest BCUT2D eigenvalue weighted by atomic mass is 32.2. The Balaban J connectivity index is 1.58. The Bertz CT molecular complexity index is 1400. The molecule has 35 heavy (non-hydrogen) atoms. The van der Waals surface area contributed by atoms with Crippen molar-refractivity contribution in [1.82, 2.24) is 0 Å². The van der Waals surface area contributed by atoms with Crippen LogP contribution in [-0.4, -0.2) is 47.5 Å². The van der Waals surface area contributed by atoms with Crippen LogP contribution in [0, 0.1) is 5.82 Å². The van der Waals surface area contributed by atoms with Crippen LogP contribution in [0.1, 0.15) is 26.3 Å². The van der Waals surface area contributed by atoms with Gasteiger partial charge in [-0.05, 0) is 54.4 Å². The van der Waals surface area contributed by atoms with Crippen molar-refractivity contribution in [2.45, 2.75) is 11.3 Å². The first-order valence-electron chi connectivity index (χ1n) is 10.6. The number of carbonyl (C=O) groups is 2. The largest absolute Gasteiger partial charge is 0.496 e. The summed E-state index contributed by atoms with van der Waals surface area (Å²) >= 11 is 0. The van der Waals surface area contributed by atoms with Crippen LogP contribution in [0.2, 0.25) is 0 Å². The van der Waals surface area contributed by atoms with Gasteiger partial charge in [0.05, 0.1) is 30.4 Å². The molecule has 1 aliphatic heterocycles. The molecule has 0 N–H and O–H groups in total. The number of ketones is 1. The lowest BCUT2D eigenvalue weighted by molar-refractivity contribution is 0.0470. The van der Waals surface area contributed by atoms with Crippen LogP contribution in [-0.2, 0) is 21.2 Å². The second kappa shape index (κ2) is 9.75. The summed E-state index contributed by atoms with van der Waals surface area (Å²) in [6.07, 6.45) is 0.576. The van der Waals surface area contributed by atoms with Gasteiger partial charge in [0.15, 0.2) is 6.61 Å². The number of carbonyl (C=O) groups excluding carboxylic acids is 2. The maximum Gasteiger partial charge on any atom is 0.342 e. The monoisotopic (exact) mass is 499 g/mol. The molecule has 0 saturated carbocycles. The van der Waals surface area contributed by atoms with E-state index in [4.69, 9.17) is 14.2 Å². The van der Waals surface area contributed by atoms with Crippen LogP contribution < -0.4 is 13.8 Å². The molecule has 0 saturated heterocycles. The molecule has 4 rings (SSSR count). The Hall–Kier alpha value is -3.92. The highest BCUT2D eigenvalue weighted by Crippen LogP contribution is 2.34. The molecule has 1 aliphatic rings. The van der Waals surface area contributed by atoms with E-state index in [1.54, 1.807) is 12.1 Å². The standard InChI is InChI=1S/C25H22FNO7S/c1-32-23-9-7-17(26)13-19(23)22(28)15-34-25(29)20-14-18(8-10-24(20)33-2)35(30,31)27-12-11-16-5-3-4-6-21(16)27/h3-10,13-14H,11-12,15H2,1-2H3. The predicted molar refractivity (Wildman–Crippen MR) is 125 cm³/mol. The number of rotatable bonds is 8. The predicted octanol–water partition coefficient (Wildman–Crippen LogP) is 3.63. The van der Waals surface area contributed by atoms with Crippen molar-refractivity contribution in [2.24, 2.45) is 0 Å². The maximum absolute atomic E-state index is 13.6. The number of benzene rings is 3. The Labute approximate surface area is 201 Å². The number of anilines is 1. The van der Waals surface area contributed by atoms with Gasteiger partial charge >= 0.3 is 5.97 Å². The quantitative estimate of drug-likeness (QED) is 0.345. The average molecular weight is 500 g/mol. The number of esters is 1. The molecule has 182 valence electrons. The van der Waals surface area contributed by atoms with Gasteiger partial charge in [0.2, 0.25) is 5.78 Å². The third-order valence-corrected chi connectivity index (χ3v) is 7.43. The summed E-state index contributed by atoms with van der Waals surface area (Å²) in [7, 11) is -1.33. The van der Waals surface area contributed by atoms with E-state index in [9.17, 15) is 22.4 Å². The van der Waals surface area contributed by atoms with Crippen LogP contribution in [0.3, 0.4) is 0 Å². The first kappa shape index (κ1) is 24.2. The third kappa shape index (κ3) is 4.69. The van der Waals surface area contributed by atoms with Crippen LogP contribution in [0.25, 0.3) is 0 Å². The molecule has 8 nitrogen and oxygen atoms in total. The van der Waals surface area contributed by atoms with E-state index in [1.165, 1.54) is 36.7 Å². The molecule has 0 fully saturated rings. The first-order valence-corrected chi connectivity index (χ1v) is 12.0. The normalized spacial score (nSPS) is 12.7. The number of ether oxygens (including phenoxy) is 3. The number of hydrogen-bond acceptors (Lipinski definition) is 7. The zero-order valence-electron chi connectivity index (χ0n) is 19.0. The summed E-state index contributed by atoms with van der Waals surface area (Å²) in [5.74, 6) is -2.10. The third-order valence-electron chi connectivity index (χ3n) is 5.62. The van der Waals surface area contributed by atoms with Gasteiger partial charge in [0.1, 0.15) is 22.9 Å². The van der Waals surface area contributed by atoms with E-state index in [2.05, 4.69) is 0 Å². The van der Waals surface area contributed by atoms with Crippen molar-refractivity contribution in [1.29, 1.82) is 0 Å². The first-order chi connectivity index (χ1) is 16.8. The Morgan fingerprint density at radius 1 is 0.943 bits per heavy atom. The number of methoxy groups -OCH3 is 2. The van der Waals surface area contributed by atoms with Crippen molar-refractivity contribution in [3.63, 3.8) is 0 Å². The summed E-state index contributed by atoms with van der Waals surface area (Å²) in [5.41, 5.74) is 1.24. The Morgan fingerprint density at radius 2 is 1.63 bits per heavy atom. The van der Waals surface area contributed by atoms with Gasteiger partial charge in [-0.25, -0.2) is 17.6 Å². The van der Waals surface area contributed by atoms with Gasteiger partial charge in [0.25, 0.3) is 10.0 Å². The fraction of sp³-hybridized carbons (Fsp3) is 0.200. The number of hydrogen-bond donors (Lipinski definition) is 0. The lowest BCUT2D eigenvalue weighted by Crippen LogP contribution is -2.29. The molecule has 0 aromatic heterocycles. The molecular formula is C25H22FNO7S. The average Bonchev–Trinajstić information content (AvgIpc) is 3.31.